The predicted octanol–water partition coefficient (Wildman–Crippen LogP) is 3.78. The third-order valence-electron chi connectivity index (χ3n) is 5.52. The van der Waals surface area contributed by atoms with Crippen LogP contribution in [0.1, 0.15) is 19.8 Å². The Morgan fingerprint density at radius 3 is 2.79 bits per heavy atom. The van der Waals surface area contributed by atoms with Crippen LogP contribution in [0, 0.1) is 0 Å². The number of anilines is 1. The fourth-order valence-corrected chi connectivity index (χ4v) is 3.92. The Morgan fingerprint density at radius 2 is 2.06 bits per heavy atom. The maximum atomic E-state index is 11.9. The highest BCUT2D eigenvalue weighted by Crippen LogP contribution is 2.33. The van der Waals surface area contributed by atoms with E-state index < -0.39 is 6.09 Å². The summed E-state index contributed by atoms with van der Waals surface area (Å²) in [5.74, 6) is 0.295. The van der Waals surface area contributed by atoms with Crippen molar-refractivity contribution in [3.05, 3.63) is 48.9 Å². The van der Waals surface area contributed by atoms with Crippen molar-refractivity contribution in [1.29, 1.82) is 0 Å². The van der Waals surface area contributed by atoms with E-state index in [-0.39, 0.29) is 12.7 Å². The molecule has 3 aromatic heterocycles. The summed E-state index contributed by atoms with van der Waals surface area (Å²) in [7, 11) is 0. The van der Waals surface area contributed by atoms with Crippen LogP contribution in [0.4, 0.5) is 10.7 Å². The number of rotatable bonds is 6. The van der Waals surface area contributed by atoms with E-state index in [1.807, 2.05) is 30.3 Å². The van der Waals surface area contributed by atoms with Crippen LogP contribution < -0.4 is 15.4 Å². The van der Waals surface area contributed by atoms with Crippen molar-refractivity contribution in [2.24, 2.45) is 0 Å². The monoisotopic (exact) mass is 459 g/mol. The number of carbonyl (C=O) groups excluding carboxylic acids is 1. The highest BCUT2D eigenvalue weighted by atomic mass is 16.5. The molecule has 1 saturated heterocycles. The summed E-state index contributed by atoms with van der Waals surface area (Å²) in [6.45, 7) is 3.84. The second kappa shape index (κ2) is 9.84. The van der Waals surface area contributed by atoms with Gasteiger partial charge in [0.2, 0.25) is 5.95 Å². The molecule has 4 aromatic rings. The molecule has 1 aromatic carbocycles. The highest BCUT2D eigenvalue weighted by molar-refractivity contribution is 5.97. The molecule has 0 saturated carbocycles. The Morgan fingerprint density at radius 1 is 1.18 bits per heavy atom. The standard InChI is InChI=1S/C24H25N7O3/c1-2-33-24(32)31-22-29-20-11-15(10-18(21(20)30-22)19-7-3-4-9-26-19)16-12-27-23(28-13-16)34-17-6-5-8-25-14-17/h3-4,7,9-13,17,25H,2,5-6,8,14H2,1H3,(H2,29,30,31,32). The van der Waals surface area contributed by atoms with Crippen LogP contribution >= 0.6 is 0 Å². The number of imidazole rings is 1. The Hall–Kier alpha value is -4.05. The van der Waals surface area contributed by atoms with Gasteiger partial charge in [-0.2, -0.15) is 0 Å². The first-order valence-corrected chi connectivity index (χ1v) is 11.3. The summed E-state index contributed by atoms with van der Waals surface area (Å²) in [6, 6.07) is 9.98. The summed E-state index contributed by atoms with van der Waals surface area (Å²) in [5, 5.41) is 5.94. The molecule has 10 heteroatoms. The van der Waals surface area contributed by atoms with Gasteiger partial charge in [-0.1, -0.05) is 6.07 Å². The fraction of sp³-hybridized carbons (Fsp3) is 0.292. The molecule has 34 heavy (non-hydrogen) atoms. The number of H-pyrrole nitrogens is 1. The molecule has 0 radical (unpaired) electrons. The maximum Gasteiger partial charge on any atom is 0.413 e. The molecule has 0 spiro atoms. The molecular formula is C24H25N7O3. The van der Waals surface area contributed by atoms with Gasteiger partial charge in [0.1, 0.15) is 6.10 Å². The molecule has 0 aliphatic carbocycles. The van der Waals surface area contributed by atoms with Crippen molar-refractivity contribution < 1.29 is 14.3 Å². The molecule has 1 atom stereocenters. The van der Waals surface area contributed by atoms with Crippen LogP contribution in [0.5, 0.6) is 6.01 Å². The van der Waals surface area contributed by atoms with Crippen molar-refractivity contribution in [2.45, 2.75) is 25.9 Å². The van der Waals surface area contributed by atoms with Crippen LogP contribution in [-0.2, 0) is 4.74 Å². The molecule has 1 fully saturated rings. The van der Waals surface area contributed by atoms with E-state index in [9.17, 15) is 4.79 Å². The van der Waals surface area contributed by atoms with Crippen LogP contribution in [-0.4, -0.2) is 56.8 Å². The normalized spacial score (nSPS) is 15.7. The van der Waals surface area contributed by atoms with Gasteiger partial charge < -0.3 is 19.8 Å². The van der Waals surface area contributed by atoms with E-state index in [0.29, 0.717) is 17.5 Å². The van der Waals surface area contributed by atoms with Gasteiger partial charge >= 0.3 is 12.1 Å². The molecule has 3 N–H and O–H groups in total. The lowest BCUT2D eigenvalue weighted by molar-refractivity contribution is 0.153. The first-order chi connectivity index (χ1) is 16.7. The Balaban J connectivity index is 1.48. The van der Waals surface area contributed by atoms with E-state index in [1.165, 1.54) is 0 Å². The van der Waals surface area contributed by atoms with Crippen LogP contribution in [0.3, 0.4) is 0 Å². The van der Waals surface area contributed by atoms with Gasteiger partial charge in [-0.25, -0.2) is 19.7 Å². The molecule has 0 bridgehead atoms. The highest BCUT2D eigenvalue weighted by Gasteiger charge is 2.17. The third kappa shape index (κ3) is 4.81. The average molecular weight is 460 g/mol. The summed E-state index contributed by atoms with van der Waals surface area (Å²) in [4.78, 5) is 32.9. The summed E-state index contributed by atoms with van der Waals surface area (Å²) >= 11 is 0. The van der Waals surface area contributed by atoms with Gasteiger partial charge in [-0.05, 0) is 56.1 Å². The topological polar surface area (TPSA) is 127 Å². The summed E-state index contributed by atoms with van der Waals surface area (Å²) in [5.41, 5.74) is 4.71. The number of amides is 1. The molecule has 5 rings (SSSR count). The summed E-state index contributed by atoms with van der Waals surface area (Å²) < 4.78 is 10.9. The number of benzene rings is 1. The minimum absolute atomic E-state index is 0.0843. The second-order valence-electron chi connectivity index (χ2n) is 7.90. The zero-order valence-electron chi connectivity index (χ0n) is 18.7. The number of carbonyl (C=O) groups is 1. The number of ether oxygens (including phenoxy) is 2. The largest absolute Gasteiger partial charge is 0.459 e. The van der Waals surface area contributed by atoms with E-state index in [1.54, 1.807) is 25.5 Å². The number of pyridine rings is 1. The number of hydrogen-bond donors (Lipinski definition) is 3. The quantitative estimate of drug-likeness (QED) is 0.398. The average Bonchev–Trinajstić information content (AvgIpc) is 3.27. The smallest absolute Gasteiger partial charge is 0.413 e. The minimum Gasteiger partial charge on any atom is -0.459 e. The maximum absolute atomic E-state index is 11.9. The van der Waals surface area contributed by atoms with Crippen molar-refractivity contribution >= 4 is 23.1 Å². The zero-order chi connectivity index (χ0) is 23.3. The number of aromatic nitrogens is 5. The van der Waals surface area contributed by atoms with Crippen LogP contribution in [0.15, 0.2) is 48.9 Å². The number of piperidine rings is 1. The number of nitrogens with zero attached hydrogens (tertiary/aromatic N) is 4. The molecule has 4 heterocycles. The van der Waals surface area contributed by atoms with Gasteiger partial charge in [0, 0.05) is 36.3 Å². The van der Waals surface area contributed by atoms with Crippen molar-refractivity contribution in [3.63, 3.8) is 0 Å². The third-order valence-corrected chi connectivity index (χ3v) is 5.52. The lowest BCUT2D eigenvalue weighted by atomic mass is 10.0. The predicted molar refractivity (Wildman–Crippen MR) is 128 cm³/mol. The minimum atomic E-state index is -0.571. The van der Waals surface area contributed by atoms with E-state index in [2.05, 4.69) is 35.6 Å². The second-order valence-corrected chi connectivity index (χ2v) is 7.90. The first kappa shape index (κ1) is 21.8. The number of nitrogens with one attached hydrogen (secondary N) is 3. The lowest BCUT2D eigenvalue weighted by Crippen LogP contribution is -2.37. The Kier molecular flexibility index (Phi) is 6.30. The molecule has 1 amide bonds. The Bertz CT molecular complexity index is 1270. The number of hydrogen-bond acceptors (Lipinski definition) is 8. The molecule has 174 valence electrons. The molecule has 1 unspecified atom stereocenters. The zero-order valence-corrected chi connectivity index (χ0v) is 18.7. The lowest BCUT2D eigenvalue weighted by Gasteiger charge is -2.22. The van der Waals surface area contributed by atoms with Gasteiger partial charge in [-0.15, -0.1) is 0 Å². The van der Waals surface area contributed by atoms with Gasteiger partial charge in [0.25, 0.3) is 0 Å². The summed E-state index contributed by atoms with van der Waals surface area (Å²) in [6.07, 6.45) is 6.80. The number of aromatic amines is 1. The molecule has 1 aliphatic rings. The van der Waals surface area contributed by atoms with Gasteiger partial charge in [0.05, 0.1) is 23.3 Å². The number of fused-ring (bicyclic) bond motifs is 1. The first-order valence-electron chi connectivity index (χ1n) is 11.3. The molecule has 1 aliphatic heterocycles. The molecule has 10 nitrogen and oxygen atoms in total. The van der Waals surface area contributed by atoms with Gasteiger partial charge in [-0.3, -0.25) is 10.3 Å². The van der Waals surface area contributed by atoms with E-state index in [4.69, 9.17) is 9.47 Å². The SMILES string of the molecule is CCOC(=O)Nc1nc2cc(-c3cnc(OC4CCCNC4)nc3)cc(-c3ccccn3)c2[nH]1. The van der Waals surface area contributed by atoms with Crippen LogP contribution in [0.2, 0.25) is 0 Å². The molecular weight excluding hydrogens is 434 g/mol. The van der Waals surface area contributed by atoms with Crippen LogP contribution in [0.25, 0.3) is 33.4 Å². The van der Waals surface area contributed by atoms with E-state index in [0.717, 1.165) is 53.8 Å². The fourth-order valence-electron chi connectivity index (χ4n) is 3.92. The van der Waals surface area contributed by atoms with Crippen molar-refractivity contribution in [1.82, 2.24) is 30.2 Å². The van der Waals surface area contributed by atoms with Crippen molar-refractivity contribution in [2.75, 3.05) is 25.0 Å². The Labute approximate surface area is 196 Å². The van der Waals surface area contributed by atoms with E-state index >= 15 is 0 Å². The van der Waals surface area contributed by atoms with Crippen molar-refractivity contribution in [3.8, 4) is 28.4 Å². The van der Waals surface area contributed by atoms with Gasteiger partial charge in [0.15, 0.2) is 0 Å².